The lowest BCUT2D eigenvalue weighted by Crippen LogP contribution is -2.30. The van der Waals surface area contributed by atoms with Crippen molar-refractivity contribution in [2.75, 3.05) is 6.54 Å². The van der Waals surface area contributed by atoms with Crippen LogP contribution in [0.5, 0.6) is 5.75 Å². The molecule has 0 aliphatic rings. The van der Waals surface area contributed by atoms with Gasteiger partial charge in [0.05, 0.1) is 0 Å². The maximum absolute atomic E-state index is 13.2. The van der Waals surface area contributed by atoms with Crippen molar-refractivity contribution in [3.05, 3.63) is 65.5 Å². The van der Waals surface area contributed by atoms with Crippen LogP contribution in [-0.2, 0) is 0 Å². The molecule has 1 atom stereocenters. The van der Waals surface area contributed by atoms with E-state index in [0.717, 1.165) is 16.9 Å². The van der Waals surface area contributed by atoms with Crippen LogP contribution in [0.15, 0.2) is 48.5 Å². The third-order valence-corrected chi connectivity index (χ3v) is 3.29. The average Bonchev–Trinajstić information content (AvgIpc) is 2.46. The Morgan fingerprint density at radius 3 is 2.43 bits per heavy atom. The minimum Gasteiger partial charge on any atom is -0.484 e. The number of benzene rings is 2. The van der Waals surface area contributed by atoms with Crippen LogP contribution >= 0.6 is 0 Å². The summed E-state index contributed by atoms with van der Waals surface area (Å²) in [6.45, 7) is 6.77. The molecule has 0 radical (unpaired) electrons. The van der Waals surface area contributed by atoms with Gasteiger partial charge >= 0.3 is 0 Å². The van der Waals surface area contributed by atoms with Crippen molar-refractivity contribution in [3.8, 4) is 5.75 Å². The van der Waals surface area contributed by atoms with Gasteiger partial charge in [0.1, 0.15) is 17.7 Å². The monoisotopic (exact) mass is 287 g/mol. The fraction of sp³-hybridized carbons (Fsp3) is 0.333. The highest BCUT2D eigenvalue weighted by Crippen LogP contribution is 2.25. The normalized spacial score (nSPS) is 12.4. The van der Waals surface area contributed by atoms with Crippen LogP contribution in [0.3, 0.4) is 0 Å². The molecule has 0 amide bonds. The predicted molar refractivity (Wildman–Crippen MR) is 84.1 cm³/mol. The maximum atomic E-state index is 13.2. The van der Waals surface area contributed by atoms with E-state index in [9.17, 15) is 4.39 Å². The summed E-state index contributed by atoms with van der Waals surface area (Å²) in [5.41, 5.74) is 1.91. The average molecular weight is 287 g/mol. The molecule has 1 unspecified atom stereocenters. The molecule has 1 N–H and O–H groups in total. The van der Waals surface area contributed by atoms with E-state index in [2.05, 4.69) is 19.2 Å². The Hall–Kier alpha value is -1.87. The van der Waals surface area contributed by atoms with Crippen molar-refractivity contribution in [2.45, 2.75) is 32.9 Å². The molecule has 21 heavy (non-hydrogen) atoms. The van der Waals surface area contributed by atoms with Crippen LogP contribution in [0.1, 0.15) is 31.1 Å². The first-order valence-corrected chi connectivity index (χ1v) is 7.27. The molecular formula is C18H22FNO. The standard InChI is InChI=1S/C18H22FNO/c1-13(2)20-12-18(15-7-5-4-6-8-15)21-17-10-9-16(19)11-14(17)3/h4-11,13,18,20H,12H2,1-3H3. The highest BCUT2D eigenvalue weighted by atomic mass is 19.1. The van der Waals surface area contributed by atoms with Crippen molar-refractivity contribution in [3.63, 3.8) is 0 Å². The van der Waals surface area contributed by atoms with E-state index in [0.29, 0.717) is 12.6 Å². The number of aryl methyl sites for hydroxylation is 1. The molecule has 0 spiro atoms. The number of nitrogens with one attached hydrogen (secondary N) is 1. The Balaban J connectivity index is 2.19. The predicted octanol–water partition coefficient (Wildman–Crippen LogP) is 4.25. The second-order valence-corrected chi connectivity index (χ2v) is 5.49. The van der Waals surface area contributed by atoms with Gasteiger partial charge in [-0.25, -0.2) is 4.39 Å². The molecule has 0 bridgehead atoms. The minimum absolute atomic E-state index is 0.0993. The first-order valence-electron chi connectivity index (χ1n) is 7.27. The van der Waals surface area contributed by atoms with Gasteiger partial charge in [-0.3, -0.25) is 0 Å². The summed E-state index contributed by atoms with van der Waals surface area (Å²) in [5.74, 6) is 0.479. The Labute approximate surface area is 126 Å². The molecule has 0 saturated heterocycles. The van der Waals surface area contributed by atoms with E-state index in [1.54, 1.807) is 6.07 Å². The van der Waals surface area contributed by atoms with Gasteiger partial charge < -0.3 is 10.1 Å². The number of hydrogen-bond donors (Lipinski definition) is 1. The Morgan fingerprint density at radius 2 is 1.81 bits per heavy atom. The lowest BCUT2D eigenvalue weighted by Gasteiger charge is -2.22. The van der Waals surface area contributed by atoms with Crippen molar-refractivity contribution >= 4 is 0 Å². The third-order valence-electron chi connectivity index (χ3n) is 3.29. The second kappa shape index (κ2) is 7.23. The lowest BCUT2D eigenvalue weighted by atomic mass is 10.1. The molecule has 0 fully saturated rings. The van der Waals surface area contributed by atoms with Gasteiger partial charge in [0.2, 0.25) is 0 Å². The second-order valence-electron chi connectivity index (χ2n) is 5.49. The van der Waals surface area contributed by atoms with Crippen LogP contribution in [0.2, 0.25) is 0 Å². The first-order chi connectivity index (χ1) is 10.1. The SMILES string of the molecule is Cc1cc(F)ccc1OC(CNC(C)C)c1ccccc1. The first kappa shape index (κ1) is 15.5. The zero-order valence-corrected chi connectivity index (χ0v) is 12.8. The zero-order valence-electron chi connectivity index (χ0n) is 12.8. The summed E-state index contributed by atoms with van der Waals surface area (Å²) >= 11 is 0. The van der Waals surface area contributed by atoms with E-state index in [1.165, 1.54) is 12.1 Å². The summed E-state index contributed by atoms with van der Waals surface area (Å²) in [4.78, 5) is 0. The number of ether oxygens (including phenoxy) is 1. The van der Waals surface area contributed by atoms with E-state index >= 15 is 0 Å². The Morgan fingerprint density at radius 1 is 1.10 bits per heavy atom. The molecular weight excluding hydrogens is 265 g/mol. The highest BCUT2D eigenvalue weighted by molar-refractivity contribution is 5.33. The summed E-state index contributed by atoms with van der Waals surface area (Å²) in [5, 5.41) is 3.40. The molecule has 0 aliphatic carbocycles. The van der Waals surface area contributed by atoms with Gasteiger partial charge in [0, 0.05) is 12.6 Å². The van der Waals surface area contributed by atoms with Gasteiger partial charge in [-0.05, 0) is 36.2 Å². The van der Waals surface area contributed by atoms with Gasteiger partial charge in [-0.15, -0.1) is 0 Å². The summed E-state index contributed by atoms with van der Waals surface area (Å²) in [7, 11) is 0. The fourth-order valence-electron chi connectivity index (χ4n) is 2.14. The third kappa shape index (κ3) is 4.57. The number of hydrogen-bond acceptors (Lipinski definition) is 2. The number of halogens is 1. The fourth-order valence-corrected chi connectivity index (χ4v) is 2.14. The molecule has 2 aromatic rings. The summed E-state index contributed by atoms with van der Waals surface area (Å²) < 4.78 is 19.3. The zero-order chi connectivity index (χ0) is 15.2. The smallest absolute Gasteiger partial charge is 0.136 e. The molecule has 0 aliphatic heterocycles. The summed E-state index contributed by atoms with van der Waals surface area (Å²) in [6.07, 6.45) is -0.0993. The summed E-state index contributed by atoms with van der Waals surface area (Å²) in [6, 6.07) is 15.1. The quantitative estimate of drug-likeness (QED) is 0.857. The molecule has 2 nitrogen and oxygen atoms in total. The lowest BCUT2D eigenvalue weighted by molar-refractivity contribution is 0.196. The molecule has 2 aromatic carbocycles. The molecule has 0 saturated carbocycles. The van der Waals surface area contributed by atoms with Crippen LogP contribution in [0.25, 0.3) is 0 Å². The topological polar surface area (TPSA) is 21.3 Å². The largest absolute Gasteiger partial charge is 0.484 e. The minimum atomic E-state index is -0.239. The maximum Gasteiger partial charge on any atom is 0.136 e. The Bertz CT molecular complexity index is 569. The van der Waals surface area contributed by atoms with Gasteiger partial charge in [0.15, 0.2) is 0 Å². The molecule has 0 aromatic heterocycles. The van der Waals surface area contributed by atoms with Crippen LogP contribution in [0, 0.1) is 12.7 Å². The van der Waals surface area contributed by atoms with E-state index in [1.807, 2.05) is 37.3 Å². The molecule has 0 heterocycles. The van der Waals surface area contributed by atoms with Gasteiger partial charge in [-0.1, -0.05) is 44.2 Å². The van der Waals surface area contributed by atoms with E-state index in [-0.39, 0.29) is 11.9 Å². The molecule has 2 rings (SSSR count). The molecule has 112 valence electrons. The van der Waals surface area contributed by atoms with Crippen LogP contribution < -0.4 is 10.1 Å². The van der Waals surface area contributed by atoms with Crippen LogP contribution in [-0.4, -0.2) is 12.6 Å². The number of rotatable bonds is 6. The van der Waals surface area contributed by atoms with Crippen LogP contribution in [0.4, 0.5) is 4.39 Å². The van der Waals surface area contributed by atoms with Gasteiger partial charge in [-0.2, -0.15) is 0 Å². The van der Waals surface area contributed by atoms with E-state index < -0.39 is 0 Å². The van der Waals surface area contributed by atoms with Crippen molar-refractivity contribution in [2.24, 2.45) is 0 Å². The van der Waals surface area contributed by atoms with E-state index in [4.69, 9.17) is 4.74 Å². The van der Waals surface area contributed by atoms with Gasteiger partial charge in [0.25, 0.3) is 0 Å². The molecule has 3 heteroatoms. The van der Waals surface area contributed by atoms with Crippen molar-refractivity contribution < 1.29 is 9.13 Å². The Kier molecular flexibility index (Phi) is 5.34. The highest BCUT2D eigenvalue weighted by Gasteiger charge is 2.15. The van der Waals surface area contributed by atoms with Crippen molar-refractivity contribution in [1.29, 1.82) is 0 Å². The van der Waals surface area contributed by atoms with Crippen molar-refractivity contribution in [1.82, 2.24) is 5.32 Å².